The van der Waals surface area contributed by atoms with E-state index in [4.69, 9.17) is 22.1 Å². The Bertz CT molecular complexity index is 434. The van der Waals surface area contributed by atoms with Crippen molar-refractivity contribution in [3.63, 3.8) is 0 Å². The van der Waals surface area contributed by atoms with Crippen molar-refractivity contribution in [2.75, 3.05) is 13.7 Å². The van der Waals surface area contributed by atoms with Crippen LogP contribution in [-0.4, -0.2) is 23.5 Å². The lowest BCUT2D eigenvalue weighted by Gasteiger charge is -2.37. The molecule has 1 aromatic rings. The maximum Gasteiger partial charge on any atom is 0.0834 e. The summed E-state index contributed by atoms with van der Waals surface area (Å²) in [5.41, 5.74) is 7.91. The Balaban J connectivity index is 2.09. The standard InChI is InChI=1S/C15H26ClN3O/c1-15(2)6-4-11(5-7-15)13(17)14-12(16)10-18-19(14)8-9-20-3/h10-11,13H,4-9,17H2,1-3H3. The Kier molecular flexibility index (Phi) is 5.10. The van der Waals surface area contributed by atoms with E-state index in [1.54, 1.807) is 13.3 Å². The molecule has 1 aliphatic carbocycles. The molecular formula is C15H26ClN3O. The monoisotopic (exact) mass is 299 g/mol. The van der Waals surface area contributed by atoms with Gasteiger partial charge in [0, 0.05) is 7.11 Å². The van der Waals surface area contributed by atoms with E-state index in [1.807, 2.05) is 4.68 Å². The summed E-state index contributed by atoms with van der Waals surface area (Å²) in [4.78, 5) is 0. The lowest BCUT2D eigenvalue weighted by atomic mass is 9.71. The quantitative estimate of drug-likeness (QED) is 0.906. The zero-order valence-electron chi connectivity index (χ0n) is 12.7. The molecule has 4 nitrogen and oxygen atoms in total. The normalized spacial score (nSPS) is 21.1. The van der Waals surface area contributed by atoms with Crippen LogP contribution in [0.2, 0.25) is 5.02 Å². The van der Waals surface area contributed by atoms with Crippen molar-refractivity contribution in [3.8, 4) is 0 Å². The van der Waals surface area contributed by atoms with Crippen molar-refractivity contribution < 1.29 is 4.74 Å². The van der Waals surface area contributed by atoms with Crippen molar-refractivity contribution >= 4 is 11.6 Å². The van der Waals surface area contributed by atoms with Crippen LogP contribution in [0.3, 0.4) is 0 Å². The molecule has 0 aromatic carbocycles. The van der Waals surface area contributed by atoms with Gasteiger partial charge in [0.15, 0.2) is 0 Å². The van der Waals surface area contributed by atoms with Crippen LogP contribution in [0.4, 0.5) is 0 Å². The highest BCUT2D eigenvalue weighted by Gasteiger charge is 2.32. The molecule has 114 valence electrons. The fourth-order valence-electron chi connectivity index (χ4n) is 3.06. The van der Waals surface area contributed by atoms with Crippen molar-refractivity contribution in [2.24, 2.45) is 17.1 Å². The second-order valence-corrected chi connectivity index (χ2v) is 7.03. The van der Waals surface area contributed by atoms with Crippen LogP contribution in [0.1, 0.15) is 51.3 Å². The highest BCUT2D eigenvalue weighted by atomic mass is 35.5. The molecule has 0 spiro atoms. The summed E-state index contributed by atoms with van der Waals surface area (Å²) in [6, 6.07) is -0.0297. The number of nitrogens with two attached hydrogens (primary N) is 1. The van der Waals surface area contributed by atoms with Crippen LogP contribution in [0.25, 0.3) is 0 Å². The van der Waals surface area contributed by atoms with Crippen LogP contribution in [0.5, 0.6) is 0 Å². The summed E-state index contributed by atoms with van der Waals surface area (Å²) in [6.45, 7) is 6.00. The van der Waals surface area contributed by atoms with Gasteiger partial charge in [0.1, 0.15) is 0 Å². The first-order chi connectivity index (χ1) is 9.44. The van der Waals surface area contributed by atoms with E-state index in [0.29, 0.717) is 29.5 Å². The Morgan fingerprint density at radius 2 is 2.15 bits per heavy atom. The maximum atomic E-state index is 6.49. The molecule has 1 aliphatic rings. The van der Waals surface area contributed by atoms with Crippen LogP contribution in [-0.2, 0) is 11.3 Å². The molecule has 1 saturated carbocycles. The number of hydrogen-bond acceptors (Lipinski definition) is 3. The lowest BCUT2D eigenvalue weighted by molar-refractivity contribution is 0.165. The molecule has 0 saturated heterocycles. The fraction of sp³-hybridized carbons (Fsp3) is 0.800. The molecule has 0 amide bonds. The highest BCUT2D eigenvalue weighted by molar-refractivity contribution is 6.31. The molecule has 0 radical (unpaired) electrons. The van der Waals surface area contributed by atoms with Crippen molar-refractivity contribution in [1.29, 1.82) is 0 Å². The molecule has 0 aliphatic heterocycles. The maximum absolute atomic E-state index is 6.49. The third kappa shape index (κ3) is 3.54. The molecule has 1 heterocycles. The van der Waals surface area contributed by atoms with Gasteiger partial charge in [-0.1, -0.05) is 25.4 Å². The lowest BCUT2D eigenvalue weighted by Crippen LogP contribution is -2.31. The van der Waals surface area contributed by atoms with Gasteiger partial charge in [-0.15, -0.1) is 0 Å². The number of aromatic nitrogens is 2. The predicted octanol–water partition coefficient (Wildman–Crippen LogP) is 3.40. The fourth-order valence-corrected chi connectivity index (χ4v) is 3.33. The van der Waals surface area contributed by atoms with E-state index in [1.165, 1.54) is 25.7 Å². The van der Waals surface area contributed by atoms with Gasteiger partial charge in [0.2, 0.25) is 0 Å². The average molecular weight is 300 g/mol. The van der Waals surface area contributed by atoms with Gasteiger partial charge in [-0.05, 0) is 37.0 Å². The van der Waals surface area contributed by atoms with Crippen LogP contribution >= 0.6 is 11.6 Å². The minimum atomic E-state index is -0.0297. The topological polar surface area (TPSA) is 53.1 Å². The molecule has 0 bridgehead atoms. The second-order valence-electron chi connectivity index (χ2n) is 6.62. The van der Waals surface area contributed by atoms with Crippen molar-refractivity contribution in [3.05, 3.63) is 16.9 Å². The molecule has 2 N–H and O–H groups in total. The third-order valence-electron chi connectivity index (χ3n) is 4.55. The van der Waals surface area contributed by atoms with Crippen molar-refractivity contribution in [1.82, 2.24) is 9.78 Å². The molecule has 2 rings (SSSR count). The van der Waals surface area contributed by atoms with Crippen LogP contribution in [0, 0.1) is 11.3 Å². The first-order valence-electron chi connectivity index (χ1n) is 7.40. The van der Waals surface area contributed by atoms with Crippen LogP contribution < -0.4 is 5.73 Å². The molecule has 1 unspecified atom stereocenters. The number of methoxy groups -OCH3 is 1. The van der Waals surface area contributed by atoms with Gasteiger partial charge in [0.05, 0.1) is 36.1 Å². The first kappa shape index (κ1) is 15.8. The number of rotatable bonds is 5. The van der Waals surface area contributed by atoms with E-state index < -0.39 is 0 Å². The molecular weight excluding hydrogens is 274 g/mol. The zero-order valence-corrected chi connectivity index (χ0v) is 13.5. The highest BCUT2D eigenvalue weighted by Crippen LogP contribution is 2.42. The Labute approximate surface area is 126 Å². The number of halogens is 1. The van der Waals surface area contributed by atoms with E-state index in [0.717, 1.165) is 5.69 Å². The van der Waals surface area contributed by atoms with Gasteiger partial charge < -0.3 is 10.5 Å². The second kappa shape index (κ2) is 6.46. The number of hydrogen-bond donors (Lipinski definition) is 1. The van der Waals surface area contributed by atoms with E-state index in [9.17, 15) is 0 Å². The van der Waals surface area contributed by atoms with E-state index in [-0.39, 0.29) is 6.04 Å². The Morgan fingerprint density at radius 1 is 1.50 bits per heavy atom. The SMILES string of the molecule is COCCn1ncc(Cl)c1C(N)C1CCC(C)(C)CC1. The van der Waals surface area contributed by atoms with Crippen LogP contribution in [0.15, 0.2) is 6.20 Å². The predicted molar refractivity (Wildman–Crippen MR) is 81.8 cm³/mol. The summed E-state index contributed by atoms with van der Waals surface area (Å²) in [5.74, 6) is 0.499. The summed E-state index contributed by atoms with van der Waals surface area (Å²) in [6.07, 6.45) is 6.49. The minimum absolute atomic E-state index is 0.0297. The first-order valence-corrected chi connectivity index (χ1v) is 7.78. The third-order valence-corrected chi connectivity index (χ3v) is 4.84. The molecule has 1 fully saturated rings. The van der Waals surface area contributed by atoms with Gasteiger partial charge in [0.25, 0.3) is 0 Å². The Hall–Kier alpha value is -0.580. The van der Waals surface area contributed by atoms with E-state index in [2.05, 4.69) is 18.9 Å². The van der Waals surface area contributed by atoms with Gasteiger partial charge in [-0.2, -0.15) is 5.10 Å². The zero-order chi connectivity index (χ0) is 14.8. The Morgan fingerprint density at radius 3 is 2.75 bits per heavy atom. The minimum Gasteiger partial charge on any atom is -0.383 e. The molecule has 1 aromatic heterocycles. The smallest absolute Gasteiger partial charge is 0.0834 e. The van der Waals surface area contributed by atoms with Crippen molar-refractivity contribution in [2.45, 2.75) is 52.1 Å². The van der Waals surface area contributed by atoms with Gasteiger partial charge in [-0.25, -0.2) is 0 Å². The van der Waals surface area contributed by atoms with E-state index >= 15 is 0 Å². The summed E-state index contributed by atoms with van der Waals surface area (Å²) in [5, 5.41) is 5.00. The number of nitrogens with zero attached hydrogens (tertiary/aromatic N) is 2. The molecule has 5 heteroatoms. The summed E-state index contributed by atoms with van der Waals surface area (Å²) < 4.78 is 7.02. The largest absolute Gasteiger partial charge is 0.383 e. The molecule has 1 atom stereocenters. The number of ether oxygens (including phenoxy) is 1. The van der Waals surface area contributed by atoms with Gasteiger partial charge in [-0.3, -0.25) is 4.68 Å². The molecule has 20 heavy (non-hydrogen) atoms. The average Bonchev–Trinajstić information content (AvgIpc) is 2.76. The summed E-state index contributed by atoms with van der Waals surface area (Å²) in [7, 11) is 1.69. The summed E-state index contributed by atoms with van der Waals surface area (Å²) >= 11 is 6.29. The van der Waals surface area contributed by atoms with Gasteiger partial charge >= 0.3 is 0 Å².